The van der Waals surface area contributed by atoms with E-state index in [0.717, 1.165) is 10.7 Å². The van der Waals surface area contributed by atoms with Crippen LogP contribution in [0.1, 0.15) is 20.5 Å². The number of hydrogen-bond donors (Lipinski definition) is 2. The minimum atomic E-state index is -0.0341. The van der Waals surface area contributed by atoms with Crippen LogP contribution in [0.5, 0.6) is 0 Å². The van der Waals surface area contributed by atoms with E-state index in [0.29, 0.717) is 19.0 Å². The maximum atomic E-state index is 11.8. The van der Waals surface area contributed by atoms with Crippen LogP contribution in [0.4, 0.5) is 0 Å². The van der Waals surface area contributed by atoms with Crippen LogP contribution in [0.2, 0.25) is 0 Å². The molecule has 6 nitrogen and oxygen atoms in total. The zero-order chi connectivity index (χ0) is 17.5. The van der Waals surface area contributed by atoms with Gasteiger partial charge in [0.1, 0.15) is 11.6 Å². The number of aromatic nitrogens is 1. The van der Waals surface area contributed by atoms with Gasteiger partial charge in [0.05, 0.1) is 18.8 Å². The average molecular weight is 493 g/mol. The first kappa shape index (κ1) is 21.8. The summed E-state index contributed by atoms with van der Waals surface area (Å²) in [6.45, 7) is 5.45. The summed E-state index contributed by atoms with van der Waals surface area (Å²) in [6.07, 6.45) is 0. The van der Waals surface area contributed by atoms with Crippen LogP contribution in [-0.4, -0.2) is 42.4 Å². The molecule has 25 heavy (non-hydrogen) atoms. The van der Waals surface area contributed by atoms with E-state index in [1.807, 2.05) is 18.4 Å². The lowest BCUT2D eigenvalue weighted by Crippen LogP contribution is -2.37. The van der Waals surface area contributed by atoms with E-state index < -0.39 is 0 Å². The average Bonchev–Trinajstić information content (AvgIpc) is 3.16. The van der Waals surface area contributed by atoms with Gasteiger partial charge in [0.25, 0.3) is 0 Å². The lowest BCUT2D eigenvalue weighted by Gasteiger charge is -2.12. The Morgan fingerprint density at radius 2 is 2.00 bits per heavy atom. The van der Waals surface area contributed by atoms with E-state index in [-0.39, 0.29) is 36.4 Å². The summed E-state index contributed by atoms with van der Waals surface area (Å²) >= 11 is 3.36. The first-order valence-electron chi connectivity index (χ1n) is 7.63. The van der Waals surface area contributed by atoms with Gasteiger partial charge in [-0.3, -0.25) is 4.79 Å². The predicted octanol–water partition coefficient (Wildman–Crippen LogP) is 2.76. The number of amides is 1. The fourth-order valence-corrected chi connectivity index (χ4v) is 3.34. The first-order valence-corrected chi connectivity index (χ1v) is 9.33. The van der Waals surface area contributed by atoms with Gasteiger partial charge in [0, 0.05) is 23.8 Å². The zero-order valence-corrected chi connectivity index (χ0v) is 18.8. The molecule has 138 valence electrons. The van der Waals surface area contributed by atoms with Crippen LogP contribution in [0.3, 0.4) is 0 Å². The minimum absolute atomic E-state index is 0. The SMILES string of the molecule is Cc1nc(CNC(=NCC(=O)N(C)C)NCc2cccs2)sc1C.I. The fraction of sp³-hybridized carbons (Fsp3) is 0.438. The molecule has 0 radical (unpaired) electrons. The number of carbonyl (C=O) groups excluding carboxylic acids is 1. The van der Waals surface area contributed by atoms with E-state index in [4.69, 9.17) is 0 Å². The number of hydrogen-bond acceptors (Lipinski definition) is 5. The van der Waals surface area contributed by atoms with Crippen LogP contribution in [0.15, 0.2) is 22.5 Å². The van der Waals surface area contributed by atoms with Crippen molar-refractivity contribution in [3.63, 3.8) is 0 Å². The lowest BCUT2D eigenvalue weighted by molar-refractivity contribution is -0.127. The van der Waals surface area contributed by atoms with Crippen LogP contribution in [-0.2, 0) is 17.9 Å². The third-order valence-electron chi connectivity index (χ3n) is 3.36. The summed E-state index contributed by atoms with van der Waals surface area (Å²) in [5.74, 6) is 0.581. The van der Waals surface area contributed by atoms with Gasteiger partial charge >= 0.3 is 0 Å². The number of nitrogens with zero attached hydrogens (tertiary/aromatic N) is 3. The molecule has 0 spiro atoms. The van der Waals surface area contributed by atoms with Crippen molar-refractivity contribution in [1.82, 2.24) is 20.5 Å². The number of nitrogens with one attached hydrogen (secondary N) is 2. The molecule has 0 aliphatic rings. The summed E-state index contributed by atoms with van der Waals surface area (Å²) in [5, 5.41) is 9.57. The molecule has 0 fully saturated rings. The Bertz CT molecular complexity index is 678. The Morgan fingerprint density at radius 3 is 2.56 bits per heavy atom. The monoisotopic (exact) mass is 493 g/mol. The standard InChI is InChI=1S/C16H23N5OS2.HI/c1-11-12(2)24-14(20-11)9-18-16(19-10-15(22)21(3)4)17-8-13-6-5-7-23-13;/h5-7H,8-10H2,1-4H3,(H2,17,18,19);1H. The van der Waals surface area contributed by atoms with Gasteiger partial charge in [-0.2, -0.15) is 0 Å². The largest absolute Gasteiger partial charge is 0.351 e. The number of carbonyl (C=O) groups is 1. The molecule has 0 bridgehead atoms. The fourth-order valence-electron chi connectivity index (χ4n) is 1.82. The summed E-state index contributed by atoms with van der Waals surface area (Å²) in [7, 11) is 3.45. The van der Waals surface area contributed by atoms with Crippen LogP contribution < -0.4 is 10.6 Å². The van der Waals surface area contributed by atoms with Crippen molar-refractivity contribution in [2.24, 2.45) is 4.99 Å². The normalized spacial score (nSPS) is 11.0. The van der Waals surface area contributed by atoms with E-state index in [1.54, 1.807) is 36.8 Å². The number of thiophene rings is 1. The highest BCUT2D eigenvalue weighted by atomic mass is 127. The summed E-state index contributed by atoms with van der Waals surface area (Å²) in [6, 6.07) is 4.08. The van der Waals surface area contributed by atoms with Crippen molar-refractivity contribution in [1.29, 1.82) is 0 Å². The molecule has 2 N–H and O–H groups in total. The van der Waals surface area contributed by atoms with Crippen LogP contribution in [0.25, 0.3) is 0 Å². The van der Waals surface area contributed by atoms with Gasteiger partial charge in [-0.05, 0) is 25.3 Å². The van der Waals surface area contributed by atoms with Crippen molar-refractivity contribution >= 4 is 58.5 Å². The van der Waals surface area contributed by atoms with Gasteiger partial charge in [-0.15, -0.1) is 46.7 Å². The summed E-state index contributed by atoms with van der Waals surface area (Å²) < 4.78 is 0. The number of rotatable bonds is 6. The Labute approximate surface area is 173 Å². The molecule has 2 rings (SSSR count). The Balaban J connectivity index is 0.00000312. The summed E-state index contributed by atoms with van der Waals surface area (Å²) in [5.41, 5.74) is 1.06. The number of aliphatic imine (C=N–C) groups is 1. The Hall–Kier alpha value is -1.20. The molecule has 0 aliphatic carbocycles. The molecule has 0 aliphatic heterocycles. The molecule has 9 heteroatoms. The van der Waals surface area contributed by atoms with E-state index >= 15 is 0 Å². The number of likely N-dealkylation sites (N-methyl/N-ethyl adjacent to an activating group) is 1. The van der Waals surface area contributed by atoms with Gasteiger partial charge < -0.3 is 15.5 Å². The maximum Gasteiger partial charge on any atom is 0.243 e. The van der Waals surface area contributed by atoms with Crippen molar-refractivity contribution in [2.75, 3.05) is 20.6 Å². The van der Waals surface area contributed by atoms with Gasteiger partial charge in [0.15, 0.2) is 5.96 Å². The Kier molecular flexibility index (Phi) is 9.36. The third-order valence-corrected chi connectivity index (χ3v) is 5.31. The molecule has 0 saturated heterocycles. The van der Waals surface area contributed by atoms with E-state index in [9.17, 15) is 4.79 Å². The first-order chi connectivity index (χ1) is 11.5. The summed E-state index contributed by atoms with van der Waals surface area (Å²) in [4.78, 5) is 24.6. The molecule has 0 aromatic carbocycles. The second-order valence-corrected chi connectivity index (χ2v) is 7.81. The molecule has 2 aromatic heterocycles. The van der Waals surface area contributed by atoms with Crippen molar-refractivity contribution in [3.05, 3.63) is 38.0 Å². The number of thiazole rings is 1. The third kappa shape index (κ3) is 7.28. The van der Waals surface area contributed by atoms with Crippen LogP contribution >= 0.6 is 46.7 Å². The van der Waals surface area contributed by atoms with Crippen molar-refractivity contribution < 1.29 is 4.79 Å². The minimum Gasteiger partial charge on any atom is -0.351 e. The second kappa shape index (κ2) is 10.7. The predicted molar refractivity (Wildman–Crippen MR) is 116 cm³/mol. The number of guanidine groups is 1. The highest BCUT2D eigenvalue weighted by Gasteiger charge is 2.07. The van der Waals surface area contributed by atoms with Crippen molar-refractivity contribution in [3.8, 4) is 0 Å². The number of aryl methyl sites for hydroxylation is 2. The highest BCUT2D eigenvalue weighted by molar-refractivity contribution is 14.0. The van der Waals surface area contributed by atoms with Gasteiger partial charge in [-0.1, -0.05) is 6.07 Å². The topological polar surface area (TPSA) is 69.6 Å². The molecule has 1 amide bonds. The number of halogens is 1. The molecule has 0 saturated carbocycles. The molecular weight excluding hydrogens is 469 g/mol. The molecular formula is C16H24IN5OS2. The zero-order valence-electron chi connectivity index (χ0n) is 14.8. The van der Waals surface area contributed by atoms with E-state index in [1.165, 1.54) is 14.7 Å². The smallest absolute Gasteiger partial charge is 0.243 e. The quantitative estimate of drug-likeness (QED) is 0.369. The maximum absolute atomic E-state index is 11.8. The van der Waals surface area contributed by atoms with Crippen molar-refractivity contribution in [2.45, 2.75) is 26.9 Å². The van der Waals surface area contributed by atoms with Gasteiger partial charge in [-0.25, -0.2) is 9.98 Å². The second-order valence-electron chi connectivity index (χ2n) is 5.49. The molecule has 2 aromatic rings. The van der Waals surface area contributed by atoms with Gasteiger partial charge in [0.2, 0.25) is 5.91 Å². The molecule has 2 heterocycles. The lowest BCUT2D eigenvalue weighted by atomic mass is 10.4. The van der Waals surface area contributed by atoms with E-state index in [2.05, 4.69) is 33.6 Å². The Morgan fingerprint density at radius 1 is 1.28 bits per heavy atom. The van der Waals surface area contributed by atoms with Crippen LogP contribution in [0, 0.1) is 13.8 Å². The molecule has 0 unspecified atom stereocenters. The highest BCUT2D eigenvalue weighted by Crippen LogP contribution is 2.15. The molecule has 0 atom stereocenters.